The van der Waals surface area contributed by atoms with Crippen LogP contribution in [0.4, 0.5) is 11.4 Å². The van der Waals surface area contributed by atoms with Crippen molar-refractivity contribution in [2.24, 2.45) is 0 Å². The Labute approximate surface area is 167 Å². The number of benzene rings is 2. The van der Waals surface area contributed by atoms with E-state index >= 15 is 0 Å². The molecule has 5 nitrogen and oxygen atoms in total. The van der Waals surface area contributed by atoms with E-state index in [9.17, 15) is 4.79 Å². The van der Waals surface area contributed by atoms with Crippen molar-refractivity contribution >= 4 is 39.8 Å². The summed E-state index contributed by atoms with van der Waals surface area (Å²) < 4.78 is 0. The maximum Gasteiger partial charge on any atom is 0.257 e. The number of hydrogen-bond acceptors (Lipinski definition) is 4. The lowest BCUT2D eigenvalue weighted by atomic mass is 10.1. The maximum atomic E-state index is 12.7. The van der Waals surface area contributed by atoms with Crippen LogP contribution in [0.5, 0.6) is 0 Å². The molecule has 0 unspecified atom stereocenters. The fraction of sp³-hybridized carbons (Fsp3) is 0.0455. The quantitative estimate of drug-likeness (QED) is 0.496. The lowest BCUT2D eigenvalue weighted by molar-refractivity contribution is 0.102. The fourth-order valence-electron chi connectivity index (χ4n) is 2.87. The van der Waals surface area contributed by atoms with Gasteiger partial charge in [0.15, 0.2) is 0 Å². The molecule has 2 aromatic carbocycles. The van der Waals surface area contributed by atoms with Crippen LogP contribution in [0.3, 0.4) is 0 Å². The molecule has 0 aliphatic heterocycles. The first-order valence-corrected chi connectivity index (χ1v) is 9.15. The second kappa shape index (κ2) is 8.06. The van der Waals surface area contributed by atoms with Crippen LogP contribution in [0.25, 0.3) is 10.9 Å². The lowest BCUT2D eigenvalue weighted by Crippen LogP contribution is -2.13. The number of nitrogens with one attached hydrogen (secondary N) is 2. The number of pyridine rings is 2. The summed E-state index contributed by atoms with van der Waals surface area (Å²) in [4.78, 5) is 21.2. The third kappa shape index (κ3) is 4.10. The van der Waals surface area contributed by atoms with Crippen molar-refractivity contribution in [3.8, 4) is 0 Å². The Morgan fingerprint density at radius 3 is 2.68 bits per heavy atom. The minimum Gasteiger partial charge on any atom is -0.380 e. The number of para-hydroxylation sites is 1. The van der Waals surface area contributed by atoms with Gasteiger partial charge in [0, 0.05) is 35.5 Å². The number of anilines is 2. The first-order valence-electron chi connectivity index (χ1n) is 8.77. The summed E-state index contributed by atoms with van der Waals surface area (Å²) >= 11 is 5.91. The zero-order chi connectivity index (χ0) is 19.3. The molecule has 0 bridgehead atoms. The SMILES string of the molecule is O=C(Nc1cccc2cccnc12)c1cncc(NCc2ccc(Cl)cc2)c1. The van der Waals surface area contributed by atoms with Gasteiger partial charge in [0.25, 0.3) is 5.91 Å². The highest BCUT2D eigenvalue weighted by Gasteiger charge is 2.10. The van der Waals surface area contributed by atoms with Crippen LogP contribution in [0, 0.1) is 0 Å². The molecule has 4 rings (SSSR count). The summed E-state index contributed by atoms with van der Waals surface area (Å²) in [6, 6.07) is 18.9. The number of carbonyl (C=O) groups excluding carboxylic acids is 1. The minimum absolute atomic E-state index is 0.235. The molecule has 0 fully saturated rings. The zero-order valence-electron chi connectivity index (χ0n) is 14.9. The largest absolute Gasteiger partial charge is 0.380 e. The van der Waals surface area contributed by atoms with Crippen molar-refractivity contribution in [3.63, 3.8) is 0 Å². The summed E-state index contributed by atoms with van der Waals surface area (Å²) in [5.41, 5.74) is 3.74. The summed E-state index contributed by atoms with van der Waals surface area (Å²) in [5.74, 6) is -0.235. The van der Waals surface area contributed by atoms with E-state index < -0.39 is 0 Å². The van der Waals surface area contributed by atoms with E-state index in [1.807, 2.05) is 54.6 Å². The normalized spacial score (nSPS) is 10.6. The van der Waals surface area contributed by atoms with Crippen LogP contribution in [-0.4, -0.2) is 15.9 Å². The van der Waals surface area contributed by atoms with Crippen molar-refractivity contribution in [1.29, 1.82) is 0 Å². The van der Waals surface area contributed by atoms with Crippen LogP contribution in [-0.2, 0) is 6.54 Å². The number of fused-ring (bicyclic) bond motifs is 1. The van der Waals surface area contributed by atoms with Gasteiger partial charge in [0.2, 0.25) is 0 Å². The van der Waals surface area contributed by atoms with Gasteiger partial charge in [-0.05, 0) is 35.9 Å². The first kappa shape index (κ1) is 17.9. The fourth-order valence-corrected chi connectivity index (χ4v) is 2.99. The molecule has 1 amide bonds. The van der Waals surface area contributed by atoms with Crippen molar-refractivity contribution in [2.45, 2.75) is 6.54 Å². The van der Waals surface area contributed by atoms with Gasteiger partial charge in [-0.3, -0.25) is 14.8 Å². The first-order chi connectivity index (χ1) is 13.7. The molecule has 138 valence electrons. The van der Waals surface area contributed by atoms with Crippen LogP contribution in [0.15, 0.2) is 79.3 Å². The average Bonchev–Trinajstić information content (AvgIpc) is 2.74. The predicted octanol–water partition coefficient (Wildman–Crippen LogP) is 5.15. The Balaban J connectivity index is 1.48. The molecular formula is C22H17ClN4O. The predicted molar refractivity (Wildman–Crippen MR) is 113 cm³/mol. The van der Waals surface area contributed by atoms with Crippen molar-refractivity contribution in [2.75, 3.05) is 10.6 Å². The second-order valence-corrected chi connectivity index (χ2v) is 6.71. The summed E-state index contributed by atoms with van der Waals surface area (Å²) in [7, 11) is 0. The highest BCUT2D eigenvalue weighted by Crippen LogP contribution is 2.21. The Bertz CT molecular complexity index is 1120. The molecule has 2 N–H and O–H groups in total. The van der Waals surface area contributed by atoms with Crippen molar-refractivity contribution < 1.29 is 4.79 Å². The summed E-state index contributed by atoms with van der Waals surface area (Å²) in [6.07, 6.45) is 4.94. The molecule has 0 atom stereocenters. The third-order valence-corrected chi connectivity index (χ3v) is 4.54. The van der Waals surface area contributed by atoms with E-state index in [1.165, 1.54) is 0 Å². The van der Waals surface area contributed by atoms with Gasteiger partial charge in [-0.1, -0.05) is 41.9 Å². The number of carbonyl (C=O) groups is 1. The van der Waals surface area contributed by atoms with Gasteiger partial charge >= 0.3 is 0 Å². The van der Waals surface area contributed by atoms with Crippen molar-refractivity contribution in [1.82, 2.24) is 9.97 Å². The Morgan fingerprint density at radius 1 is 1.00 bits per heavy atom. The number of amides is 1. The molecule has 0 saturated heterocycles. The molecule has 28 heavy (non-hydrogen) atoms. The third-order valence-electron chi connectivity index (χ3n) is 4.29. The summed E-state index contributed by atoms with van der Waals surface area (Å²) in [5, 5.41) is 7.87. The molecule has 0 spiro atoms. The zero-order valence-corrected chi connectivity index (χ0v) is 15.6. The Kier molecular flexibility index (Phi) is 5.17. The highest BCUT2D eigenvalue weighted by molar-refractivity contribution is 6.30. The molecular weight excluding hydrogens is 372 g/mol. The lowest BCUT2D eigenvalue weighted by Gasteiger charge is -2.10. The molecule has 0 radical (unpaired) electrons. The number of nitrogens with zero attached hydrogens (tertiary/aromatic N) is 2. The molecule has 4 aromatic rings. The van der Waals surface area contributed by atoms with E-state index in [-0.39, 0.29) is 5.91 Å². The van der Waals surface area contributed by atoms with Gasteiger partial charge in [0.05, 0.1) is 22.5 Å². The average molecular weight is 389 g/mol. The van der Waals surface area contributed by atoms with Gasteiger partial charge in [0.1, 0.15) is 0 Å². The smallest absolute Gasteiger partial charge is 0.257 e. The van der Waals surface area contributed by atoms with E-state index in [2.05, 4.69) is 20.6 Å². The summed E-state index contributed by atoms with van der Waals surface area (Å²) in [6.45, 7) is 0.608. The number of halogens is 1. The Hall–Kier alpha value is -3.44. The number of hydrogen-bond donors (Lipinski definition) is 2. The van der Waals surface area contributed by atoms with Crippen LogP contribution < -0.4 is 10.6 Å². The molecule has 6 heteroatoms. The van der Waals surface area contributed by atoms with E-state index in [0.717, 1.165) is 22.2 Å². The number of aromatic nitrogens is 2. The van der Waals surface area contributed by atoms with Gasteiger partial charge in [-0.2, -0.15) is 0 Å². The maximum absolute atomic E-state index is 12.7. The molecule has 0 aliphatic carbocycles. The molecule has 0 aliphatic rings. The van der Waals surface area contributed by atoms with E-state index in [1.54, 1.807) is 24.7 Å². The van der Waals surface area contributed by atoms with Crippen molar-refractivity contribution in [3.05, 3.63) is 95.4 Å². The monoisotopic (exact) mass is 388 g/mol. The minimum atomic E-state index is -0.235. The van der Waals surface area contributed by atoms with Crippen LogP contribution in [0.1, 0.15) is 15.9 Å². The van der Waals surface area contributed by atoms with Crippen LogP contribution in [0.2, 0.25) is 5.02 Å². The van der Waals surface area contributed by atoms with Gasteiger partial charge < -0.3 is 10.6 Å². The highest BCUT2D eigenvalue weighted by atomic mass is 35.5. The Morgan fingerprint density at radius 2 is 1.82 bits per heavy atom. The van der Waals surface area contributed by atoms with Crippen LogP contribution >= 0.6 is 11.6 Å². The molecule has 2 aromatic heterocycles. The standard InChI is InChI=1S/C22H17ClN4O/c23-18-8-6-15(7-9-18)12-26-19-11-17(13-24-14-19)22(28)27-20-5-1-3-16-4-2-10-25-21(16)20/h1-11,13-14,26H,12H2,(H,27,28). The number of rotatable bonds is 5. The van der Waals surface area contributed by atoms with E-state index in [4.69, 9.17) is 11.6 Å². The second-order valence-electron chi connectivity index (χ2n) is 6.28. The molecule has 2 heterocycles. The van der Waals surface area contributed by atoms with Gasteiger partial charge in [-0.25, -0.2) is 0 Å². The van der Waals surface area contributed by atoms with Gasteiger partial charge in [-0.15, -0.1) is 0 Å². The topological polar surface area (TPSA) is 66.9 Å². The van der Waals surface area contributed by atoms with E-state index in [0.29, 0.717) is 22.8 Å². The molecule has 0 saturated carbocycles.